The van der Waals surface area contributed by atoms with E-state index >= 15 is 0 Å². The predicted molar refractivity (Wildman–Crippen MR) is 72.9 cm³/mol. The summed E-state index contributed by atoms with van der Waals surface area (Å²) in [4.78, 5) is 0. The predicted octanol–water partition coefficient (Wildman–Crippen LogP) is 3.11. The van der Waals surface area contributed by atoms with E-state index in [-0.39, 0.29) is 11.5 Å². The zero-order chi connectivity index (χ0) is 12.1. The second kappa shape index (κ2) is 5.38. The van der Waals surface area contributed by atoms with E-state index < -0.39 is 0 Å². The summed E-state index contributed by atoms with van der Waals surface area (Å²) in [6.07, 6.45) is 10.7. The lowest BCUT2D eigenvalue weighted by Gasteiger charge is -2.35. The highest BCUT2D eigenvalue weighted by atomic mass is 14.9. The molecule has 1 saturated carbocycles. The van der Waals surface area contributed by atoms with Gasteiger partial charge in [-0.15, -0.1) is 6.42 Å². The molecule has 1 unspecified atom stereocenters. The third-order valence-corrected chi connectivity index (χ3v) is 3.97. The number of terminal acetylenes is 1. The van der Waals surface area contributed by atoms with Gasteiger partial charge in [-0.1, -0.05) is 56.0 Å². The van der Waals surface area contributed by atoms with Crippen LogP contribution < -0.4 is 5.32 Å². The minimum Gasteiger partial charge on any atom is -0.303 e. The summed E-state index contributed by atoms with van der Waals surface area (Å²) in [5.41, 5.74) is 1.56. The Labute approximate surface area is 105 Å². The van der Waals surface area contributed by atoms with E-state index in [4.69, 9.17) is 6.42 Å². The van der Waals surface area contributed by atoms with Gasteiger partial charge in [-0.3, -0.25) is 0 Å². The second-order valence-corrected chi connectivity index (χ2v) is 4.89. The molecule has 1 aromatic carbocycles. The van der Waals surface area contributed by atoms with Crippen molar-refractivity contribution in [2.24, 2.45) is 0 Å². The molecule has 0 amide bonds. The van der Waals surface area contributed by atoms with Crippen molar-refractivity contribution in [3.8, 4) is 12.3 Å². The van der Waals surface area contributed by atoms with Gasteiger partial charge in [0.1, 0.15) is 0 Å². The quantitative estimate of drug-likeness (QED) is 0.779. The van der Waals surface area contributed by atoms with Gasteiger partial charge in [0, 0.05) is 5.41 Å². The van der Waals surface area contributed by atoms with E-state index in [1.54, 1.807) is 0 Å². The van der Waals surface area contributed by atoms with Crippen LogP contribution in [0.3, 0.4) is 0 Å². The van der Waals surface area contributed by atoms with Crippen molar-refractivity contribution in [1.29, 1.82) is 0 Å². The number of rotatable bonds is 4. The van der Waals surface area contributed by atoms with Crippen LogP contribution in [-0.4, -0.2) is 12.6 Å². The van der Waals surface area contributed by atoms with Crippen LogP contribution in [0.5, 0.6) is 0 Å². The Morgan fingerprint density at radius 2 is 1.94 bits per heavy atom. The number of hydrogen-bond donors (Lipinski definition) is 1. The minimum absolute atomic E-state index is 0.159. The van der Waals surface area contributed by atoms with Gasteiger partial charge >= 0.3 is 0 Å². The molecule has 0 aromatic heterocycles. The second-order valence-electron chi connectivity index (χ2n) is 4.89. The first-order valence-electron chi connectivity index (χ1n) is 6.58. The van der Waals surface area contributed by atoms with Gasteiger partial charge in [-0.2, -0.15) is 0 Å². The molecule has 0 heterocycles. The van der Waals surface area contributed by atoms with E-state index in [1.807, 2.05) is 0 Å². The first-order valence-corrected chi connectivity index (χ1v) is 6.58. The molecule has 90 valence electrons. The molecule has 1 N–H and O–H groups in total. The Balaban J connectivity index is 2.36. The Kier molecular flexibility index (Phi) is 3.86. The third-order valence-electron chi connectivity index (χ3n) is 3.97. The summed E-state index contributed by atoms with van der Waals surface area (Å²) in [5.74, 6) is 2.97. The fourth-order valence-electron chi connectivity index (χ4n) is 3.14. The minimum atomic E-state index is 0.159. The molecular formula is C16H21N. The molecule has 1 aliphatic carbocycles. The first kappa shape index (κ1) is 12.2. The molecule has 0 spiro atoms. The molecule has 0 saturated heterocycles. The molecule has 2 rings (SSSR count). The van der Waals surface area contributed by atoms with E-state index in [0.717, 1.165) is 6.54 Å². The lowest BCUT2D eigenvalue weighted by Crippen LogP contribution is -2.46. The third kappa shape index (κ3) is 2.23. The van der Waals surface area contributed by atoms with Crippen LogP contribution in [-0.2, 0) is 5.41 Å². The van der Waals surface area contributed by atoms with Crippen LogP contribution >= 0.6 is 0 Å². The van der Waals surface area contributed by atoms with E-state index in [0.29, 0.717) is 0 Å². The van der Waals surface area contributed by atoms with Gasteiger partial charge in [-0.05, 0) is 24.9 Å². The molecule has 0 aliphatic heterocycles. The average Bonchev–Trinajstić information content (AvgIpc) is 2.87. The standard InChI is InChI=1S/C16H21N/c1-3-15(17-4-2)16(12-8-9-13-16)14-10-6-5-7-11-14/h1,5-7,10-11,15,17H,4,8-9,12-13H2,2H3. The SMILES string of the molecule is C#CC(NCC)C1(c2ccccc2)CCCC1. The molecule has 0 radical (unpaired) electrons. The fourth-order valence-corrected chi connectivity index (χ4v) is 3.14. The number of likely N-dealkylation sites (N-methyl/N-ethyl adjacent to an activating group) is 1. The van der Waals surface area contributed by atoms with E-state index in [9.17, 15) is 0 Å². The highest BCUT2D eigenvalue weighted by Crippen LogP contribution is 2.43. The van der Waals surface area contributed by atoms with Crippen molar-refractivity contribution < 1.29 is 0 Å². The van der Waals surface area contributed by atoms with Crippen molar-refractivity contribution in [1.82, 2.24) is 5.32 Å². The lowest BCUT2D eigenvalue weighted by atomic mass is 9.73. The Bertz CT molecular complexity index is 382. The zero-order valence-electron chi connectivity index (χ0n) is 10.6. The Hall–Kier alpha value is -1.26. The smallest absolute Gasteiger partial charge is 0.0784 e. The van der Waals surface area contributed by atoms with Crippen LogP contribution in [0.15, 0.2) is 30.3 Å². The number of benzene rings is 1. The number of hydrogen-bond acceptors (Lipinski definition) is 1. The highest BCUT2D eigenvalue weighted by Gasteiger charge is 2.41. The summed E-state index contributed by atoms with van der Waals surface area (Å²) in [5, 5.41) is 3.48. The first-order chi connectivity index (χ1) is 8.33. The van der Waals surface area contributed by atoms with Crippen LogP contribution in [0.4, 0.5) is 0 Å². The molecular weight excluding hydrogens is 206 g/mol. The summed E-state index contributed by atoms with van der Waals surface area (Å²) in [6.45, 7) is 3.06. The molecule has 1 nitrogen and oxygen atoms in total. The average molecular weight is 227 g/mol. The zero-order valence-corrected chi connectivity index (χ0v) is 10.6. The van der Waals surface area contributed by atoms with Crippen LogP contribution in [0.2, 0.25) is 0 Å². The van der Waals surface area contributed by atoms with Gasteiger partial charge in [0.15, 0.2) is 0 Å². The molecule has 1 heteroatoms. The molecule has 1 fully saturated rings. The summed E-state index contributed by atoms with van der Waals surface area (Å²) in [7, 11) is 0. The van der Waals surface area contributed by atoms with Gasteiger partial charge in [0.25, 0.3) is 0 Å². The molecule has 17 heavy (non-hydrogen) atoms. The Morgan fingerprint density at radius 3 is 2.47 bits per heavy atom. The lowest BCUT2D eigenvalue weighted by molar-refractivity contribution is 0.354. The van der Waals surface area contributed by atoms with Crippen LogP contribution in [0.1, 0.15) is 38.2 Å². The van der Waals surface area contributed by atoms with Gasteiger partial charge in [0.05, 0.1) is 6.04 Å². The largest absolute Gasteiger partial charge is 0.303 e. The van der Waals surface area contributed by atoms with Crippen molar-refractivity contribution in [3.63, 3.8) is 0 Å². The maximum atomic E-state index is 5.75. The van der Waals surface area contributed by atoms with Crippen molar-refractivity contribution >= 4 is 0 Å². The van der Waals surface area contributed by atoms with Gasteiger partial charge < -0.3 is 5.32 Å². The van der Waals surface area contributed by atoms with Crippen molar-refractivity contribution in [2.75, 3.05) is 6.54 Å². The topological polar surface area (TPSA) is 12.0 Å². The van der Waals surface area contributed by atoms with Gasteiger partial charge in [0.2, 0.25) is 0 Å². The highest BCUT2D eigenvalue weighted by molar-refractivity contribution is 5.32. The summed E-state index contributed by atoms with van der Waals surface area (Å²) < 4.78 is 0. The molecule has 0 bridgehead atoms. The monoisotopic (exact) mass is 227 g/mol. The van der Waals surface area contributed by atoms with Crippen molar-refractivity contribution in [3.05, 3.63) is 35.9 Å². The number of nitrogens with one attached hydrogen (secondary N) is 1. The molecule has 1 atom stereocenters. The fraction of sp³-hybridized carbons (Fsp3) is 0.500. The Morgan fingerprint density at radius 1 is 1.29 bits per heavy atom. The van der Waals surface area contributed by atoms with E-state index in [1.165, 1.54) is 31.2 Å². The van der Waals surface area contributed by atoms with Gasteiger partial charge in [-0.25, -0.2) is 0 Å². The maximum absolute atomic E-state index is 5.75. The molecule has 1 aliphatic rings. The maximum Gasteiger partial charge on any atom is 0.0784 e. The van der Waals surface area contributed by atoms with Crippen LogP contribution in [0, 0.1) is 12.3 Å². The summed E-state index contributed by atoms with van der Waals surface area (Å²) >= 11 is 0. The van der Waals surface area contributed by atoms with E-state index in [2.05, 4.69) is 48.5 Å². The normalized spacial score (nSPS) is 19.8. The van der Waals surface area contributed by atoms with Crippen LogP contribution in [0.25, 0.3) is 0 Å². The molecule has 1 aromatic rings. The van der Waals surface area contributed by atoms with Crippen molar-refractivity contribution in [2.45, 2.75) is 44.1 Å². The summed E-state index contributed by atoms with van der Waals surface area (Å²) in [6, 6.07) is 10.9.